The van der Waals surface area contributed by atoms with Gasteiger partial charge in [-0.15, -0.1) is 0 Å². The van der Waals surface area contributed by atoms with E-state index in [0.717, 1.165) is 30.8 Å². The van der Waals surface area contributed by atoms with Gasteiger partial charge in [0.25, 0.3) is 5.92 Å². The summed E-state index contributed by atoms with van der Waals surface area (Å²) in [5.74, 6) is -2.86. The largest absolute Gasteiger partial charge is 0.370 e. The molecule has 0 spiro atoms. The molecule has 1 aromatic carbocycles. The first-order valence-corrected chi connectivity index (χ1v) is 6.55. The molecule has 0 bridgehead atoms. The lowest BCUT2D eigenvalue weighted by Gasteiger charge is -2.35. The van der Waals surface area contributed by atoms with Crippen molar-refractivity contribution in [2.75, 3.05) is 24.5 Å². The summed E-state index contributed by atoms with van der Waals surface area (Å²) in [6.45, 7) is 2.23. The van der Waals surface area contributed by atoms with E-state index in [1.54, 1.807) is 0 Å². The van der Waals surface area contributed by atoms with Crippen LogP contribution in [-0.4, -0.2) is 25.6 Å². The van der Waals surface area contributed by atoms with Gasteiger partial charge in [0.1, 0.15) is 0 Å². The monoisotopic (exact) mass is 252 g/mol. The van der Waals surface area contributed by atoms with E-state index in [1.165, 1.54) is 0 Å². The van der Waals surface area contributed by atoms with Crippen LogP contribution in [0, 0.1) is 5.92 Å². The summed E-state index contributed by atoms with van der Waals surface area (Å²) in [5.41, 5.74) is 7.79. The highest BCUT2D eigenvalue weighted by Gasteiger charge is 2.60. The van der Waals surface area contributed by atoms with Gasteiger partial charge in [-0.25, -0.2) is 8.78 Å². The molecule has 1 heterocycles. The van der Waals surface area contributed by atoms with Crippen molar-refractivity contribution in [3.8, 4) is 0 Å². The minimum Gasteiger partial charge on any atom is -0.370 e. The molecule has 2 aliphatic rings. The van der Waals surface area contributed by atoms with E-state index >= 15 is 0 Å². The summed E-state index contributed by atoms with van der Waals surface area (Å²) in [7, 11) is 0. The Kier molecular flexibility index (Phi) is 2.77. The maximum absolute atomic E-state index is 13.3. The number of alkyl halides is 2. The highest BCUT2D eigenvalue weighted by Crippen LogP contribution is 2.58. The molecule has 0 radical (unpaired) electrons. The number of para-hydroxylation sites is 1. The smallest absolute Gasteiger partial charge is 0.252 e. The van der Waals surface area contributed by atoms with E-state index in [0.29, 0.717) is 6.54 Å². The molecule has 1 aliphatic heterocycles. The first-order chi connectivity index (χ1) is 8.63. The number of anilines is 1. The molecule has 0 saturated heterocycles. The quantitative estimate of drug-likeness (QED) is 0.896. The fourth-order valence-electron chi connectivity index (χ4n) is 3.14. The average Bonchev–Trinajstić information content (AvgIpc) is 2.99. The van der Waals surface area contributed by atoms with Crippen molar-refractivity contribution < 1.29 is 8.78 Å². The van der Waals surface area contributed by atoms with E-state index < -0.39 is 11.8 Å². The average molecular weight is 252 g/mol. The topological polar surface area (TPSA) is 29.3 Å². The number of nitrogens with zero attached hydrogens (tertiary/aromatic N) is 1. The molecular formula is C14H18F2N2. The van der Waals surface area contributed by atoms with Crippen molar-refractivity contribution in [3.63, 3.8) is 0 Å². The van der Waals surface area contributed by atoms with Crippen molar-refractivity contribution in [2.24, 2.45) is 11.7 Å². The third kappa shape index (κ3) is 1.88. The van der Waals surface area contributed by atoms with Crippen LogP contribution in [0.1, 0.15) is 24.3 Å². The van der Waals surface area contributed by atoms with E-state index in [-0.39, 0.29) is 12.3 Å². The predicted octanol–water partition coefficient (Wildman–Crippen LogP) is 2.59. The SMILES string of the molecule is NCCN1CC[C@@H]([C@@H]2CC2(F)F)c2ccccc21. The van der Waals surface area contributed by atoms with Gasteiger partial charge in [-0.05, 0) is 24.0 Å². The molecule has 18 heavy (non-hydrogen) atoms. The highest BCUT2D eigenvalue weighted by molar-refractivity contribution is 5.57. The van der Waals surface area contributed by atoms with Gasteiger partial charge in [0.15, 0.2) is 0 Å². The van der Waals surface area contributed by atoms with E-state index in [4.69, 9.17) is 5.73 Å². The van der Waals surface area contributed by atoms with Gasteiger partial charge in [-0.1, -0.05) is 18.2 Å². The van der Waals surface area contributed by atoms with Gasteiger partial charge in [0.05, 0.1) is 0 Å². The number of fused-ring (bicyclic) bond motifs is 1. The van der Waals surface area contributed by atoms with Gasteiger partial charge in [-0.3, -0.25) is 0 Å². The molecular weight excluding hydrogens is 234 g/mol. The molecule has 1 aliphatic carbocycles. The maximum atomic E-state index is 13.3. The van der Waals surface area contributed by atoms with Gasteiger partial charge in [-0.2, -0.15) is 0 Å². The van der Waals surface area contributed by atoms with Gasteiger partial charge in [0, 0.05) is 37.7 Å². The highest BCUT2D eigenvalue weighted by atomic mass is 19.3. The number of benzene rings is 1. The summed E-state index contributed by atoms with van der Waals surface area (Å²) in [6.07, 6.45) is 0.875. The summed E-state index contributed by atoms with van der Waals surface area (Å²) in [4.78, 5) is 2.21. The van der Waals surface area contributed by atoms with E-state index in [1.807, 2.05) is 24.3 Å². The molecule has 3 rings (SSSR count). The Hall–Kier alpha value is -1.16. The zero-order chi connectivity index (χ0) is 12.8. The van der Waals surface area contributed by atoms with Crippen molar-refractivity contribution in [2.45, 2.75) is 24.7 Å². The zero-order valence-electron chi connectivity index (χ0n) is 10.3. The van der Waals surface area contributed by atoms with Crippen LogP contribution in [0.5, 0.6) is 0 Å². The molecule has 2 nitrogen and oxygen atoms in total. The number of halogens is 2. The Morgan fingerprint density at radius 1 is 1.33 bits per heavy atom. The normalized spacial score (nSPS) is 28.9. The minimum absolute atomic E-state index is 0.0187. The second kappa shape index (κ2) is 4.19. The number of rotatable bonds is 3. The molecule has 2 atom stereocenters. The Bertz CT molecular complexity index is 447. The molecule has 2 N–H and O–H groups in total. The Labute approximate surface area is 106 Å². The molecule has 1 aromatic rings. The Balaban J connectivity index is 1.90. The molecule has 98 valence electrons. The second-order valence-electron chi connectivity index (χ2n) is 5.30. The maximum Gasteiger partial charge on any atom is 0.252 e. The lowest BCUT2D eigenvalue weighted by Crippen LogP contribution is -2.35. The van der Waals surface area contributed by atoms with Crippen LogP contribution in [0.2, 0.25) is 0 Å². The molecule has 0 unspecified atom stereocenters. The number of hydrogen-bond donors (Lipinski definition) is 1. The summed E-state index contributed by atoms with van der Waals surface area (Å²) >= 11 is 0. The Morgan fingerprint density at radius 3 is 2.72 bits per heavy atom. The lowest BCUT2D eigenvalue weighted by molar-refractivity contribution is 0.0917. The third-order valence-corrected chi connectivity index (χ3v) is 4.15. The van der Waals surface area contributed by atoms with Crippen LogP contribution in [0.3, 0.4) is 0 Å². The second-order valence-corrected chi connectivity index (χ2v) is 5.30. The first-order valence-electron chi connectivity index (χ1n) is 6.55. The number of nitrogens with two attached hydrogens (primary N) is 1. The van der Waals surface area contributed by atoms with Gasteiger partial charge < -0.3 is 10.6 Å². The molecule has 4 heteroatoms. The molecule has 0 aromatic heterocycles. The third-order valence-electron chi connectivity index (χ3n) is 4.15. The summed E-state index contributed by atoms with van der Waals surface area (Å²) < 4.78 is 26.6. The van der Waals surface area contributed by atoms with Gasteiger partial charge >= 0.3 is 0 Å². The van der Waals surface area contributed by atoms with Crippen LogP contribution in [0.4, 0.5) is 14.5 Å². The van der Waals surface area contributed by atoms with E-state index in [9.17, 15) is 8.78 Å². The van der Waals surface area contributed by atoms with Crippen LogP contribution < -0.4 is 10.6 Å². The fourth-order valence-corrected chi connectivity index (χ4v) is 3.14. The van der Waals surface area contributed by atoms with Crippen molar-refractivity contribution in [1.29, 1.82) is 0 Å². The minimum atomic E-state index is -2.44. The van der Waals surface area contributed by atoms with E-state index in [2.05, 4.69) is 4.90 Å². The Morgan fingerprint density at radius 2 is 2.06 bits per heavy atom. The van der Waals surface area contributed by atoms with Crippen molar-refractivity contribution >= 4 is 5.69 Å². The zero-order valence-corrected chi connectivity index (χ0v) is 10.3. The molecule has 0 amide bonds. The molecule has 1 fully saturated rings. The van der Waals surface area contributed by atoms with Crippen molar-refractivity contribution in [3.05, 3.63) is 29.8 Å². The standard InChI is InChI=1S/C14H18F2N2/c15-14(16)9-12(14)10-5-7-18(8-6-17)13-4-2-1-3-11(10)13/h1-4,10,12H,5-9,17H2/t10-,12+/m1/s1. The van der Waals surface area contributed by atoms with Gasteiger partial charge in [0.2, 0.25) is 0 Å². The summed E-state index contributed by atoms with van der Waals surface area (Å²) in [6, 6.07) is 7.93. The van der Waals surface area contributed by atoms with Crippen LogP contribution in [0.25, 0.3) is 0 Å². The lowest BCUT2D eigenvalue weighted by atomic mass is 9.86. The van der Waals surface area contributed by atoms with Crippen LogP contribution in [-0.2, 0) is 0 Å². The first kappa shape index (κ1) is 11.9. The van der Waals surface area contributed by atoms with Crippen molar-refractivity contribution in [1.82, 2.24) is 0 Å². The molecule has 1 saturated carbocycles. The number of hydrogen-bond acceptors (Lipinski definition) is 2. The van der Waals surface area contributed by atoms with Crippen LogP contribution in [0.15, 0.2) is 24.3 Å². The predicted molar refractivity (Wildman–Crippen MR) is 68.1 cm³/mol. The van der Waals surface area contributed by atoms with Crippen LogP contribution >= 0.6 is 0 Å². The summed E-state index contributed by atoms with van der Waals surface area (Å²) in [5, 5.41) is 0. The fraction of sp³-hybridized carbons (Fsp3) is 0.571.